The third kappa shape index (κ3) is 2.60. The molecule has 0 unspecified atom stereocenters. The molecule has 1 aromatic carbocycles. The van der Waals surface area contributed by atoms with Crippen LogP contribution in [0.15, 0.2) is 41.8 Å². The van der Waals surface area contributed by atoms with Gasteiger partial charge >= 0.3 is 0 Å². The Bertz CT molecular complexity index is 528. The molecule has 17 heavy (non-hydrogen) atoms. The lowest BCUT2D eigenvalue weighted by atomic mass is 10.0. The molecule has 1 N–H and O–H groups in total. The van der Waals surface area contributed by atoms with Crippen LogP contribution >= 0.6 is 22.9 Å². The smallest absolute Gasteiger partial charge is 0.157 e. The lowest BCUT2D eigenvalue weighted by molar-refractivity contribution is 0.723. The predicted octanol–water partition coefficient (Wildman–Crippen LogP) is 4.25. The van der Waals surface area contributed by atoms with Crippen molar-refractivity contribution >= 4 is 28.6 Å². The molecule has 0 amide bonds. The maximum absolute atomic E-state index is 9.34. The highest BCUT2D eigenvalue weighted by molar-refractivity contribution is 7.10. The summed E-state index contributed by atoms with van der Waals surface area (Å²) < 4.78 is 0. The van der Waals surface area contributed by atoms with Crippen molar-refractivity contribution in [2.24, 2.45) is 0 Å². The number of rotatable bonds is 3. The first kappa shape index (κ1) is 12.0. The standard InChI is InChI=1S/C13H11ClN2S/c1-13(9-15,12-3-2-8-17-12)16-11-6-4-10(14)5-7-11/h2-8,16H,1H3/t13-/m1/s1. The maximum Gasteiger partial charge on any atom is 0.157 e. The van der Waals surface area contributed by atoms with Crippen LogP contribution in [0.25, 0.3) is 0 Å². The minimum Gasteiger partial charge on any atom is -0.363 e. The summed E-state index contributed by atoms with van der Waals surface area (Å²) in [5.74, 6) is 0. The monoisotopic (exact) mass is 262 g/mol. The number of nitrogens with zero attached hydrogens (tertiary/aromatic N) is 1. The quantitative estimate of drug-likeness (QED) is 0.897. The maximum atomic E-state index is 9.34. The molecule has 0 radical (unpaired) electrons. The zero-order valence-electron chi connectivity index (χ0n) is 9.27. The van der Waals surface area contributed by atoms with Crippen LogP contribution in [0.5, 0.6) is 0 Å². The van der Waals surface area contributed by atoms with Crippen LogP contribution in [0.1, 0.15) is 11.8 Å². The number of nitrogens with one attached hydrogen (secondary N) is 1. The molecule has 0 aliphatic heterocycles. The highest BCUT2D eigenvalue weighted by atomic mass is 35.5. The van der Waals surface area contributed by atoms with Crippen molar-refractivity contribution in [1.29, 1.82) is 5.26 Å². The van der Waals surface area contributed by atoms with Crippen LogP contribution in [0.4, 0.5) is 5.69 Å². The van der Waals surface area contributed by atoms with Crippen molar-refractivity contribution in [3.05, 3.63) is 51.7 Å². The topological polar surface area (TPSA) is 35.8 Å². The molecule has 1 aromatic heterocycles. The Hall–Kier alpha value is -1.50. The average Bonchev–Trinajstić information content (AvgIpc) is 2.86. The normalized spacial score (nSPS) is 13.7. The van der Waals surface area contributed by atoms with E-state index in [-0.39, 0.29) is 0 Å². The lowest BCUT2D eigenvalue weighted by Crippen LogP contribution is -2.28. The van der Waals surface area contributed by atoms with Gasteiger partial charge in [0.1, 0.15) is 0 Å². The van der Waals surface area contributed by atoms with Gasteiger partial charge in [0.2, 0.25) is 0 Å². The SMILES string of the molecule is C[C@](C#N)(Nc1ccc(Cl)cc1)c1cccs1. The van der Waals surface area contributed by atoms with Gasteiger partial charge in [-0.1, -0.05) is 17.7 Å². The van der Waals surface area contributed by atoms with Crippen LogP contribution in [-0.4, -0.2) is 0 Å². The Labute approximate surface area is 109 Å². The number of hydrogen-bond acceptors (Lipinski definition) is 3. The molecule has 0 fully saturated rings. The molecule has 2 rings (SSSR count). The molecule has 0 spiro atoms. The van der Waals surface area contributed by atoms with Crippen LogP contribution in [-0.2, 0) is 5.54 Å². The number of hydrogen-bond donors (Lipinski definition) is 1. The fourth-order valence-electron chi connectivity index (χ4n) is 1.53. The zero-order chi connectivity index (χ0) is 12.3. The van der Waals surface area contributed by atoms with E-state index in [9.17, 15) is 5.26 Å². The number of benzene rings is 1. The molecule has 1 heterocycles. The minimum absolute atomic E-state index is 0.685. The Morgan fingerprint density at radius 1 is 1.29 bits per heavy atom. The number of halogens is 1. The highest BCUT2D eigenvalue weighted by Gasteiger charge is 2.27. The first-order valence-corrected chi connectivity index (χ1v) is 6.39. The summed E-state index contributed by atoms with van der Waals surface area (Å²) in [6.07, 6.45) is 0. The summed E-state index contributed by atoms with van der Waals surface area (Å²) >= 11 is 7.39. The summed E-state index contributed by atoms with van der Waals surface area (Å²) in [5.41, 5.74) is 0.175. The molecular weight excluding hydrogens is 252 g/mol. The summed E-state index contributed by atoms with van der Waals surface area (Å²) in [5, 5.41) is 15.2. The predicted molar refractivity (Wildman–Crippen MR) is 72.4 cm³/mol. The van der Waals surface area contributed by atoms with Gasteiger partial charge in [0.15, 0.2) is 5.54 Å². The number of thiophene rings is 1. The van der Waals surface area contributed by atoms with E-state index < -0.39 is 5.54 Å². The molecule has 0 saturated carbocycles. The minimum atomic E-state index is -0.706. The van der Waals surface area contributed by atoms with Crippen molar-refractivity contribution < 1.29 is 0 Å². The summed E-state index contributed by atoms with van der Waals surface area (Å²) in [4.78, 5) is 0.995. The second-order valence-corrected chi connectivity index (χ2v) is 5.23. The van der Waals surface area contributed by atoms with E-state index in [0.717, 1.165) is 10.6 Å². The Kier molecular flexibility index (Phi) is 3.37. The van der Waals surface area contributed by atoms with Gasteiger partial charge in [0.05, 0.1) is 6.07 Å². The van der Waals surface area contributed by atoms with E-state index in [2.05, 4.69) is 11.4 Å². The third-order valence-electron chi connectivity index (χ3n) is 2.48. The second kappa shape index (κ2) is 4.79. The van der Waals surface area contributed by atoms with Crippen LogP contribution < -0.4 is 5.32 Å². The molecule has 2 aromatic rings. The van der Waals surface area contributed by atoms with Gasteiger partial charge in [-0.2, -0.15) is 5.26 Å². The van der Waals surface area contributed by atoms with E-state index in [4.69, 9.17) is 11.6 Å². The van der Waals surface area contributed by atoms with Gasteiger partial charge in [-0.25, -0.2) is 0 Å². The fraction of sp³-hybridized carbons (Fsp3) is 0.154. The van der Waals surface area contributed by atoms with E-state index in [1.54, 1.807) is 23.5 Å². The first-order valence-electron chi connectivity index (χ1n) is 5.13. The van der Waals surface area contributed by atoms with E-state index in [1.165, 1.54) is 0 Å². The fourth-order valence-corrected chi connectivity index (χ4v) is 2.45. The average molecular weight is 263 g/mol. The van der Waals surface area contributed by atoms with E-state index >= 15 is 0 Å². The molecule has 4 heteroatoms. The van der Waals surface area contributed by atoms with Crippen LogP contribution in [0.3, 0.4) is 0 Å². The van der Waals surface area contributed by atoms with Gasteiger partial charge in [-0.05, 0) is 42.6 Å². The lowest BCUT2D eigenvalue weighted by Gasteiger charge is -2.23. The summed E-state index contributed by atoms with van der Waals surface area (Å²) in [7, 11) is 0. The molecule has 1 atom stereocenters. The van der Waals surface area contributed by atoms with E-state index in [1.807, 2.05) is 36.6 Å². The van der Waals surface area contributed by atoms with Crippen molar-refractivity contribution in [3.8, 4) is 6.07 Å². The Morgan fingerprint density at radius 2 is 2.00 bits per heavy atom. The summed E-state index contributed by atoms with van der Waals surface area (Å²) in [6, 6.07) is 13.5. The molecule has 0 aliphatic rings. The number of anilines is 1. The van der Waals surface area contributed by atoms with Crippen molar-refractivity contribution in [3.63, 3.8) is 0 Å². The van der Waals surface area contributed by atoms with Crippen LogP contribution in [0.2, 0.25) is 5.02 Å². The zero-order valence-corrected chi connectivity index (χ0v) is 10.8. The molecule has 0 aliphatic carbocycles. The van der Waals surface area contributed by atoms with Crippen LogP contribution in [0, 0.1) is 11.3 Å². The van der Waals surface area contributed by atoms with Crippen molar-refractivity contribution in [1.82, 2.24) is 0 Å². The van der Waals surface area contributed by atoms with Gasteiger partial charge in [-0.15, -0.1) is 11.3 Å². The molecule has 86 valence electrons. The van der Waals surface area contributed by atoms with Crippen molar-refractivity contribution in [2.75, 3.05) is 5.32 Å². The van der Waals surface area contributed by atoms with Gasteiger partial charge < -0.3 is 5.32 Å². The van der Waals surface area contributed by atoms with Gasteiger partial charge in [0.25, 0.3) is 0 Å². The molecule has 0 bridgehead atoms. The molecule has 2 nitrogen and oxygen atoms in total. The molecule has 0 saturated heterocycles. The first-order chi connectivity index (χ1) is 8.14. The number of nitriles is 1. The Balaban J connectivity index is 2.27. The summed E-state index contributed by atoms with van der Waals surface area (Å²) in [6.45, 7) is 1.87. The van der Waals surface area contributed by atoms with Gasteiger partial charge in [0, 0.05) is 15.6 Å². The Morgan fingerprint density at radius 3 is 2.53 bits per heavy atom. The molecular formula is C13H11ClN2S. The third-order valence-corrected chi connectivity index (χ3v) is 3.82. The van der Waals surface area contributed by atoms with Gasteiger partial charge in [-0.3, -0.25) is 0 Å². The van der Waals surface area contributed by atoms with Crippen molar-refractivity contribution in [2.45, 2.75) is 12.5 Å². The second-order valence-electron chi connectivity index (χ2n) is 3.85. The highest BCUT2D eigenvalue weighted by Crippen LogP contribution is 2.29. The van der Waals surface area contributed by atoms with E-state index in [0.29, 0.717) is 5.02 Å². The largest absolute Gasteiger partial charge is 0.363 e.